The van der Waals surface area contributed by atoms with Crippen molar-refractivity contribution >= 4 is 10.9 Å². The zero-order valence-corrected chi connectivity index (χ0v) is 8.40. The predicted molar refractivity (Wildman–Crippen MR) is 58.3 cm³/mol. The fourth-order valence-electron chi connectivity index (χ4n) is 1.85. The first-order valence-corrected chi connectivity index (χ1v) is 4.96. The Bertz CT molecular complexity index is 431. The summed E-state index contributed by atoms with van der Waals surface area (Å²) in [5.41, 5.74) is 2.59. The molecule has 2 rings (SSSR count). The van der Waals surface area contributed by atoms with Crippen LogP contribution in [-0.4, -0.2) is 16.3 Å². The highest BCUT2D eigenvalue weighted by Gasteiger charge is 2.02. The van der Waals surface area contributed by atoms with E-state index in [0.29, 0.717) is 0 Å². The third-order valence-electron chi connectivity index (χ3n) is 2.62. The van der Waals surface area contributed by atoms with E-state index in [9.17, 15) is 0 Å². The van der Waals surface area contributed by atoms with Gasteiger partial charge in [0.25, 0.3) is 0 Å². The molecule has 1 aromatic carbocycles. The smallest absolute Gasteiger partial charge is 0.0480 e. The third kappa shape index (κ3) is 1.53. The van der Waals surface area contributed by atoms with E-state index in [1.165, 1.54) is 16.5 Å². The monoisotopic (exact) mass is 189 g/mol. The van der Waals surface area contributed by atoms with Crippen molar-refractivity contribution in [2.45, 2.75) is 12.8 Å². The quantitative estimate of drug-likeness (QED) is 0.786. The Hall–Kier alpha value is -1.28. The molecule has 0 aliphatic heterocycles. The summed E-state index contributed by atoms with van der Waals surface area (Å²) in [5, 5.41) is 10.1. The molecule has 1 N–H and O–H groups in total. The molecule has 2 nitrogen and oxygen atoms in total. The number of fused-ring (bicyclic) bond motifs is 1. The number of hydrogen-bond acceptors (Lipinski definition) is 1. The summed E-state index contributed by atoms with van der Waals surface area (Å²) in [6, 6.07) is 8.48. The molecule has 0 spiro atoms. The maximum atomic E-state index is 8.80. The summed E-state index contributed by atoms with van der Waals surface area (Å²) >= 11 is 0. The van der Waals surface area contributed by atoms with Crippen LogP contribution >= 0.6 is 0 Å². The van der Waals surface area contributed by atoms with Gasteiger partial charge in [0.1, 0.15) is 0 Å². The van der Waals surface area contributed by atoms with E-state index < -0.39 is 0 Å². The highest BCUT2D eigenvalue weighted by Crippen LogP contribution is 2.20. The van der Waals surface area contributed by atoms with Crippen LogP contribution in [0.2, 0.25) is 0 Å². The van der Waals surface area contributed by atoms with E-state index in [1.807, 2.05) is 0 Å². The van der Waals surface area contributed by atoms with E-state index in [1.54, 1.807) is 0 Å². The van der Waals surface area contributed by atoms with E-state index in [2.05, 4.69) is 42.1 Å². The molecule has 0 amide bonds. The van der Waals surface area contributed by atoms with Crippen LogP contribution in [0, 0.1) is 0 Å². The highest BCUT2D eigenvalue weighted by molar-refractivity contribution is 5.83. The zero-order chi connectivity index (χ0) is 9.97. The van der Waals surface area contributed by atoms with Gasteiger partial charge in [-0.25, -0.2) is 0 Å². The predicted octanol–water partition coefficient (Wildman–Crippen LogP) is 2.10. The van der Waals surface area contributed by atoms with Gasteiger partial charge in [0.2, 0.25) is 0 Å². The first kappa shape index (κ1) is 9.28. The number of nitrogens with zero attached hydrogens (tertiary/aromatic N) is 1. The first-order valence-electron chi connectivity index (χ1n) is 4.96. The van der Waals surface area contributed by atoms with Crippen molar-refractivity contribution in [3.63, 3.8) is 0 Å². The molecular formula is C12H15NO. The average Bonchev–Trinajstić information content (AvgIpc) is 2.58. The number of aliphatic hydroxyl groups excluding tert-OH is 1. The van der Waals surface area contributed by atoms with Gasteiger partial charge in [-0.3, -0.25) is 0 Å². The summed E-state index contributed by atoms with van der Waals surface area (Å²) in [6.45, 7) is 0.267. The van der Waals surface area contributed by atoms with E-state index in [0.717, 1.165) is 12.8 Å². The van der Waals surface area contributed by atoms with Gasteiger partial charge in [0.15, 0.2) is 0 Å². The van der Waals surface area contributed by atoms with Crippen molar-refractivity contribution < 1.29 is 5.11 Å². The Morgan fingerprint density at radius 3 is 2.93 bits per heavy atom. The molecule has 1 aromatic heterocycles. The van der Waals surface area contributed by atoms with Crippen LogP contribution in [0.3, 0.4) is 0 Å². The maximum Gasteiger partial charge on any atom is 0.0480 e. The summed E-state index contributed by atoms with van der Waals surface area (Å²) in [6.07, 6.45) is 3.87. The number of benzene rings is 1. The molecule has 0 atom stereocenters. The lowest BCUT2D eigenvalue weighted by atomic mass is 10.1. The Morgan fingerprint density at radius 1 is 1.29 bits per heavy atom. The molecular weight excluding hydrogens is 174 g/mol. The second-order valence-electron chi connectivity index (χ2n) is 3.60. The summed E-state index contributed by atoms with van der Waals surface area (Å²) in [7, 11) is 2.05. The van der Waals surface area contributed by atoms with Gasteiger partial charge in [-0.15, -0.1) is 0 Å². The molecule has 2 heteroatoms. The number of aliphatic hydroxyl groups is 1. The first-order chi connectivity index (χ1) is 6.83. The fourth-order valence-corrected chi connectivity index (χ4v) is 1.85. The lowest BCUT2D eigenvalue weighted by molar-refractivity contribution is 0.289. The van der Waals surface area contributed by atoms with Crippen molar-refractivity contribution in [1.29, 1.82) is 0 Å². The van der Waals surface area contributed by atoms with E-state index in [-0.39, 0.29) is 6.61 Å². The maximum absolute atomic E-state index is 8.80. The van der Waals surface area contributed by atoms with Gasteiger partial charge in [-0.05, 0) is 30.5 Å². The molecule has 0 saturated heterocycles. The summed E-state index contributed by atoms with van der Waals surface area (Å²) < 4.78 is 2.12. The van der Waals surface area contributed by atoms with Crippen molar-refractivity contribution in [2.75, 3.05) is 6.61 Å². The van der Waals surface area contributed by atoms with E-state index >= 15 is 0 Å². The second-order valence-corrected chi connectivity index (χ2v) is 3.60. The van der Waals surface area contributed by atoms with Crippen LogP contribution in [0.4, 0.5) is 0 Å². The van der Waals surface area contributed by atoms with Crippen LogP contribution in [0.5, 0.6) is 0 Å². The largest absolute Gasteiger partial charge is 0.396 e. The fraction of sp³-hybridized carbons (Fsp3) is 0.333. The molecule has 74 valence electrons. The number of aryl methyl sites for hydroxylation is 2. The van der Waals surface area contributed by atoms with Crippen LogP contribution < -0.4 is 0 Å². The summed E-state index contributed by atoms with van der Waals surface area (Å²) in [4.78, 5) is 0. The van der Waals surface area contributed by atoms with Gasteiger partial charge in [0.05, 0.1) is 0 Å². The molecule has 0 unspecified atom stereocenters. The Morgan fingerprint density at radius 2 is 2.14 bits per heavy atom. The Kier molecular flexibility index (Phi) is 2.55. The standard InChI is InChI=1S/C12H15NO/c1-13-8-7-11-10(5-3-9-14)4-2-6-12(11)13/h2,4,6-8,14H,3,5,9H2,1H3. The van der Waals surface area contributed by atoms with E-state index in [4.69, 9.17) is 5.11 Å². The van der Waals surface area contributed by atoms with Crippen molar-refractivity contribution in [1.82, 2.24) is 4.57 Å². The van der Waals surface area contributed by atoms with Crippen molar-refractivity contribution in [2.24, 2.45) is 7.05 Å². The molecule has 14 heavy (non-hydrogen) atoms. The van der Waals surface area contributed by atoms with Crippen LogP contribution in [0.15, 0.2) is 30.5 Å². The van der Waals surface area contributed by atoms with Crippen molar-refractivity contribution in [3.8, 4) is 0 Å². The number of hydrogen-bond donors (Lipinski definition) is 1. The molecule has 0 bridgehead atoms. The Balaban J connectivity index is 2.44. The molecule has 0 saturated carbocycles. The lowest BCUT2D eigenvalue weighted by Crippen LogP contribution is -1.91. The third-order valence-corrected chi connectivity index (χ3v) is 2.62. The van der Waals surface area contributed by atoms with Gasteiger partial charge < -0.3 is 9.67 Å². The minimum atomic E-state index is 0.267. The van der Waals surface area contributed by atoms with Crippen LogP contribution in [0.25, 0.3) is 10.9 Å². The number of rotatable bonds is 3. The average molecular weight is 189 g/mol. The molecule has 0 aliphatic carbocycles. The van der Waals surface area contributed by atoms with Gasteiger partial charge >= 0.3 is 0 Å². The van der Waals surface area contributed by atoms with Crippen molar-refractivity contribution in [3.05, 3.63) is 36.0 Å². The SMILES string of the molecule is Cn1ccc2c(CCCO)cccc21. The molecule has 1 heterocycles. The van der Waals surface area contributed by atoms with Gasteiger partial charge in [-0.1, -0.05) is 12.1 Å². The minimum absolute atomic E-state index is 0.267. The van der Waals surface area contributed by atoms with Crippen LogP contribution in [-0.2, 0) is 13.5 Å². The second kappa shape index (κ2) is 3.84. The summed E-state index contributed by atoms with van der Waals surface area (Å²) in [5.74, 6) is 0. The zero-order valence-electron chi connectivity index (χ0n) is 8.40. The molecule has 0 fully saturated rings. The topological polar surface area (TPSA) is 25.2 Å². The minimum Gasteiger partial charge on any atom is -0.396 e. The lowest BCUT2D eigenvalue weighted by Gasteiger charge is -2.02. The number of aromatic nitrogens is 1. The molecule has 0 radical (unpaired) electrons. The Labute approximate surface area is 83.8 Å². The molecule has 0 aliphatic rings. The molecule has 2 aromatic rings. The normalized spacial score (nSPS) is 11.0. The van der Waals surface area contributed by atoms with Gasteiger partial charge in [0, 0.05) is 30.8 Å². The van der Waals surface area contributed by atoms with Gasteiger partial charge in [-0.2, -0.15) is 0 Å². The van der Waals surface area contributed by atoms with Crippen LogP contribution in [0.1, 0.15) is 12.0 Å². The highest BCUT2D eigenvalue weighted by atomic mass is 16.2.